The number of rotatable bonds is 4. The fourth-order valence-corrected chi connectivity index (χ4v) is 3.24. The smallest absolute Gasteiger partial charge is 0.343 e. The lowest BCUT2D eigenvalue weighted by molar-refractivity contribution is -0.117. The highest BCUT2D eigenvalue weighted by Crippen LogP contribution is 2.30. The largest absolute Gasteiger partial charge is 0.465 e. The molecule has 0 N–H and O–H groups in total. The zero-order chi connectivity index (χ0) is 16.5. The first-order valence-electron chi connectivity index (χ1n) is 6.32. The summed E-state index contributed by atoms with van der Waals surface area (Å²) < 4.78 is 52.4. The maximum Gasteiger partial charge on any atom is 0.343 e. The van der Waals surface area contributed by atoms with Crippen molar-refractivity contribution in [3.05, 3.63) is 29.6 Å². The molecule has 1 saturated heterocycles. The molecule has 22 heavy (non-hydrogen) atoms. The number of methoxy groups -OCH3 is 1. The Bertz CT molecular complexity index is 719. The van der Waals surface area contributed by atoms with E-state index in [1.807, 2.05) is 0 Å². The van der Waals surface area contributed by atoms with Crippen LogP contribution >= 0.6 is 0 Å². The Hall–Kier alpha value is -2.03. The van der Waals surface area contributed by atoms with E-state index in [4.69, 9.17) is 0 Å². The minimum atomic E-state index is -4.72. The molecule has 0 aromatic heterocycles. The van der Waals surface area contributed by atoms with E-state index in [9.17, 15) is 26.3 Å². The van der Waals surface area contributed by atoms with Gasteiger partial charge >= 0.3 is 16.2 Å². The summed E-state index contributed by atoms with van der Waals surface area (Å²) in [6.07, 6.45) is -0.194. The van der Waals surface area contributed by atoms with Gasteiger partial charge < -0.3 is 9.64 Å². The summed E-state index contributed by atoms with van der Waals surface area (Å²) in [6.45, 7) is -0.116. The van der Waals surface area contributed by atoms with Crippen molar-refractivity contribution >= 4 is 27.8 Å². The summed E-state index contributed by atoms with van der Waals surface area (Å²) in [5, 5.41) is 0. The third kappa shape index (κ3) is 3.41. The molecule has 6 nitrogen and oxygen atoms in total. The molecule has 0 bridgehead atoms. The number of hydrogen-bond acceptors (Lipinski definition) is 5. The highest BCUT2D eigenvalue weighted by atomic mass is 32.3. The van der Waals surface area contributed by atoms with Gasteiger partial charge in [-0.3, -0.25) is 4.79 Å². The highest BCUT2D eigenvalue weighted by molar-refractivity contribution is 7.86. The number of esters is 1. The molecule has 0 saturated carbocycles. The third-order valence-electron chi connectivity index (χ3n) is 3.31. The number of carbonyl (C=O) groups excluding carboxylic acids is 2. The van der Waals surface area contributed by atoms with E-state index in [0.717, 1.165) is 18.1 Å². The van der Waals surface area contributed by atoms with Crippen LogP contribution in [0, 0.1) is 11.7 Å². The van der Waals surface area contributed by atoms with Crippen LogP contribution in [0.25, 0.3) is 0 Å². The van der Waals surface area contributed by atoms with Gasteiger partial charge in [-0.15, -0.1) is 3.89 Å². The molecule has 120 valence electrons. The molecule has 1 atom stereocenters. The Morgan fingerprint density at radius 3 is 2.73 bits per heavy atom. The first-order chi connectivity index (χ1) is 10.2. The Labute approximate surface area is 125 Å². The van der Waals surface area contributed by atoms with Gasteiger partial charge in [-0.05, 0) is 12.1 Å². The average molecular weight is 333 g/mol. The Balaban J connectivity index is 2.35. The molecule has 1 aliphatic rings. The summed E-state index contributed by atoms with van der Waals surface area (Å²) in [4.78, 5) is 24.7. The molecule has 0 aliphatic carbocycles. The van der Waals surface area contributed by atoms with E-state index in [-0.39, 0.29) is 18.7 Å². The first-order valence-corrected chi connectivity index (χ1v) is 7.87. The van der Waals surface area contributed by atoms with Crippen molar-refractivity contribution in [2.45, 2.75) is 6.42 Å². The van der Waals surface area contributed by atoms with Gasteiger partial charge in [-0.2, -0.15) is 8.42 Å². The molecule has 1 aromatic rings. The van der Waals surface area contributed by atoms with Gasteiger partial charge in [0.05, 0.1) is 18.6 Å². The van der Waals surface area contributed by atoms with Gasteiger partial charge in [0.15, 0.2) is 0 Å². The molecule has 1 amide bonds. The molecule has 2 rings (SSSR count). The van der Waals surface area contributed by atoms with Crippen LogP contribution in [0.2, 0.25) is 0 Å². The Kier molecular flexibility index (Phi) is 4.45. The van der Waals surface area contributed by atoms with Gasteiger partial charge in [0.1, 0.15) is 11.4 Å². The van der Waals surface area contributed by atoms with Gasteiger partial charge in [-0.1, -0.05) is 6.07 Å². The summed E-state index contributed by atoms with van der Waals surface area (Å²) >= 11 is 0. The lowest BCUT2D eigenvalue weighted by atomic mass is 10.1. The maximum atomic E-state index is 13.8. The van der Waals surface area contributed by atoms with Crippen LogP contribution in [0.3, 0.4) is 0 Å². The van der Waals surface area contributed by atoms with Gasteiger partial charge in [0, 0.05) is 18.9 Å². The summed E-state index contributed by atoms with van der Waals surface area (Å²) in [6, 6.07) is 3.70. The van der Waals surface area contributed by atoms with Crippen LogP contribution in [-0.2, 0) is 19.8 Å². The second kappa shape index (κ2) is 5.99. The Morgan fingerprint density at radius 1 is 1.45 bits per heavy atom. The van der Waals surface area contributed by atoms with Crippen molar-refractivity contribution < 1.29 is 31.0 Å². The second-order valence-electron chi connectivity index (χ2n) is 4.91. The topological polar surface area (TPSA) is 80.8 Å². The molecule has 1 unspecified atom stereocenters. The van der Waals surface area contributed by atoms with E-state index in [0.29, 0.717) is 0 Å². The van der Waals surface area contributed by atoms with E-state index < -0.39 is 45.2 Å². The summed E-state index contributed by atoms with van der Waals surface area (Å²) in [7, 11) is -3.65. The fourth-order valence-electron chi connectivity index (χ4n) is 2.45. The van der Waals surface area contributed by atoms with Crippen molar-refractivity contribution in [3.8, 4) is 0 Å². The number of nitrogens with zero attached hydrogens (tertiary/aromatic N) is 1. The minimum absolute atomic E-state index is 0.0180. The second-order valence-corrected chi connectivity index (χ2v) is 6.32. The number of amides is 1. The number of ether oxygens (including phenoxy) is 1. The fraction of sp³-hybridized carbons (Fsp3) is 0.385. The standard InChI is InChI=1S/C13H13F2NO5S/c1-21-13(18)12-9(14)3-2-4-10(12)16-6-8(5-11(16)17)7-22(15,19)20/h2-4,8H,5-7H2,1H3. The number of halogens is 2. The van der Waals surface area contributed by atoms with Gasteiger partial charge in [0.2, 0.25) is 5.91 Å². The zero-order valence-corrected chi connectivity index (χ0v) is 12.4. The predicted molar refractivity (Wildman–Crippen MR) is 73.1 cm³/mol. The van der Waals surface area contributed by atoms with Crippen molar-refractivity contribution in [3.63, 3.8) is 0 Å². The maximum absolute atomic E-state index is 13.8. The van der Waals surface area contributed by atoms with Crippen LogP contribution in [0.15, 0.2) is 18.2 Å². The molecule has 1 fully saturated rings. The SMILES string of the molecule is COC(=O)c1c(F)cccc1N1CC(CS(=O)(=O)F)CC1=O. The van der Waals surface area contributed by atoms with Crippen LogP contribution < -0.4 is 4.90 Å². The summed E-state index contributed by atoms with van der Waals surface area (Å²) in [5.74, 6) is -3.88. The first kappa shape index (κ1) is 16.3. The predicted octanol–water partition coefficient (Wildman–Crippen LogP) is 1.26. The normalized spacial score (nSPS) is 18.6. The van der Waals surface area contributed by atoms with Crippen molar-refractivity contribution in [2.75, 3.05) is 24.3 Å². The number of hydrogen-bond donors (Lipinski definition) is 0. The van der Waals surface area contributed by atoms with Crippen molar-refractivity contribution in [2.24, 2.45) is 5.92 Å². The number of benzene rings is 1. The minimum Gasteiger partial charge on any atom is -0.465 e. The van der Waals surface area contributed by atoms with Crippen LogP contribution in [-0.4, -0.2) is 39.7 Å². The highest BCUT2D eigenvalue weighted by Gasteiger charge is 2.36. The molecule has 0 spiro atoms. The van der Waals surface area contributed by atoms with Crippen LogP contribution in [0.4, 0.5) is 14.0 Å². The van der Waals surface area contributed by atoms with Crippen molar-refractivity contribution in [1.29, 1.82) is 0 Å². The molecule has 1 aromatic carbocycles. The lowest BCUT2D eigenvalue weighted by Crippen LogP contribution is -2.28. The molecule has 9 heteroatoms. The average Bonchev–Trinajstić information content (AvgIpc) is 2.76. The zero-order valence-electron chi connectivity index (χ0n) is 11.6. The van der Waals surface area contributed by atoms with Crippen molar-refractivity contribution in [1.82, 2.24) is 0 Å². The van der Waals surface area contributed by atoms with E-state index >= 15 is 0 Å². The van der Waals surface area contributed by atoms with Gasteiger partial charge in [-0.25, -0.2) is 9.18 Å². The van der Waals surface area contributed by atoms with E-state index in [1.165, 1.54) is 12.1 Å². The van der Waals surface area contributed by atoms with E-state index in [1.54, 1.807) is 0 Å². The molecule has 0 radical (unpaired) electrons. The molecular weight excluding hydrogens is 320 g/mol. The summed E-state index contributed by atoms with van der Waals surface area (Å²) in [5.41, 5.74) is -0.433. The molecular formula is C13H13F2NO5S. The Morgan fingerprint density at radius 2 is 2.14 bits per heavy atom. The lowest BCUT2D eigenvalue weighted by Gasteiger charge is -2.19. The quantitative estimate of drug-likeness (QED) is 0.612. The monoisotopic (exact) mass is 333 g/mol. The number of carbonyl (C=O) groups is 2. The molecule has 1 aliphatic heterocycles. The van der Waals surface area contributed by atoms with Crippen LogP contribution in [0.1, 0.15) is 16.8 Å². The van der Waals surface area contributed by atoms with Crippen LogP contribution in [0.5, 0.6) is 0 Å². The number of anilines is 1. The molecule has 1 heterocycles. The van der Waals surface area contributed by atoms with Gasteiger partial charge in [0.25, 0.3) is 0 Å². The third-order valence-corrected chi connectivity index (χ3v) is 4.18. The van der Waals surface area contributed by atoms with E-state index in [2.05, 4.69) is 4.74 Å².